The van der Waals surface area contributed by atoms with Gasteiger partial charge < -0.3 is 9.88 Å². The maximum Gasteiger partial charge on any atom is 0.207 e. The smallest absolute Gasteiger partial charge is 0.207 e. The molecule has 1 N–H and O–H groups in total. The molecular weight excluding hydrogens is 257 g/mol. The lowest BCUT2D eigenvalue weighted by atomic mass is 10.3. The van der Waals surface area contributed by atoms with Gasteiger partial charge in [0.25, 0.3) is 0 Å². The van der Waals surface area contributed by atoms with Gasteiger partial charge in [0, 0.05) is 18.4 Å². The fourth-order valence-electron chi connectivity index (χ4n) is 1.59. The summed E-state index contributed by atoms with van der Waals surface area (Å²) in [6.07, 6.45) is 2.00. The Morgan fingerprint density at radius 3 is 2.71 bits per heavy atom. The molecule has 0 saturated heterocycles. The lowest BCUT2D eigenvalue weighted by Gasteiger charge is -2.08. The highest BCUT2D eigenvalue weighted by Gasteiger charge is 2.05. The molecule has 0 amide bonds. The van der Waals surface area contributed by atoms with E-state index in [2.05, 4.69) is 17.2 Å². The van der Waals surface area contributed by atoms with Crippen molar-refractivity contribution in [2.24, 2.45) is 0 Å². The summed E-state index contributed by atoms with van der Waals surface area (Å²) in [6, 6.07) is 5.42. The van der Waals surface area contributed by atoms with E-state index in [9.17, 15) is 0 Å². The van der Waals surface area contributed by atoms with Crippen LogP contribution in [0.1, 0.15) is 12.6 Å². The van der Waals surface area contributed by atoms with Gasteiger partial charge in [-0.15, -0.1) is 0 Å². The van der Waals surface area contributed by atoms with Crippen LogP contribution in [0.2, 0.25) is 10.0 Å². The van der Waals surface area contributed by atoms with Gasteiger partial charge in [-0.05, 0) is 32.0 Å². The molecule has 0 bridgehead atoms. The quantitative estimate of drug-likeness (QED) is 0.902. The van der Waals surface area contributed by atoms with Crippen LogP contribution in [-0.2, 0) is 6.54 Å². The molecule has 0 atom stereocenters. The number of nitrogens with zero attached hydrogens (tertiary/aromatic N) is 2. The average molecular weight is 270 g/mol. The average Bonchev–Trinajstić information content (AvgIpc) is 2.64. The topological polar surface area (TPSA) is 29.9 Å². The van der Waals surface area contributed by atoms with Crippen LogP contribution in [-0.4, -0.2) is 9.55 Å². The van der Waals surface area contributed by atoms with E-state index >= 15 is 0 Å². The first kappa shape index (κ1) is 12.3. The van der Waals surface area contributed by atoms with Gasteiger partial charge in [-0.1, -0.05) is 23.2 Å². The molecule has 0 saturated carbocycles. The Bertz CT molecular complexity index is 535. The first-order valence-corrected chi connectivity index (χ1v) is 6.11. The minimum Gasteiger partial charge on any atom is -0.326 e. The van der Waals surface area contributed by atoms with Crippen LogP contribution in [0.3, 0.4) is 0 Å². The van der Waals surface area contributed by atoms with Crippen LogP contribution < -0.4 is 5.32 Å². The number of aryl methyl sites for hydroxylation is 2. The van der Waals surface area contributed by atoms with Crippen molar-refractivity contribution in [3.8, 4) is 0 Å². The summed E-state index contributed by atoms with van der Waals surface area (Å²) in [7, 11) is 0. The highest BCUT2D eigenvalue weighted by atomic mass is 35.5. The number of halogens is 2. The minimum absolute atomic E-state index is 0.531. The van der Waals surface area contributed by atoms with Crippen LogP contribution in [0.5, 0.6) is 0 Å². The molecule has 0 aliphatic heterocycles. The van der Waals surface area contributed by atoms with Crippen LogP contribution in [0.15, 0.2) is 24.4 Å². The predicted octanol–water partition coefficient (Wildman–Crippen LogP) is 4.26. The number of imidazole rings is 1. The zero-order valence-corrected chi connectivity index (χ0v) is 11.2. The van der Waals surface area contributed by atoms with E-state index in [1.807, 2.05) is 23.8 Å². The number of benzene rings is 1. The molecule has 17 heavy (non-hydrogen) atoms. The third-order valence-corrected chi connectivity index (χ3v) is 3.15. The summed E-state index contributed by atoms with van der Waals surface area (Å²) in [6.45, 7) is 4.90. The summed E-state index contributed by atoms with van der Waals surface area (Å²) in [5.74, 6) is 0.809. The van der Waals surface area contributed by atoms with Gasteiger partial charge in [0.05, 0.1) is 15.7 Å². The largest absolute Gasteiger partial charge is 0.326 e. The highest BCUT2D eigenvalue weighted by Crippen LogP contribution is 2.26. The minimum atomic E-state index is 0.531. The van der Waals surface area contributed by atoms with Crippen LogP contribution in [0.4, 0.5) is 11.6 Å². The Morgan fingerprint density at radius 2 is 2.06 bits per heavy atom. The Labute approximate surface area is 110 Å². The van der Waals surface area contributed by atoms with Gasteiger partial charge in [-0.25, -0.2) is 4.98 Å². The second-order valence-electron chi connectivity index (χ2n) is 3.75. The Morgan fingerprint density at radius 1 is 1.29 bits per heavy atom. The number of hydrogen-bond donors (Lipinski definition) is 1. The zero-order valence-electron chi connectivity index (χ0n) is 9.67. The Kier molecular flexibility index (Phi) is 3.60. The van der Waals surface area contributed by atoms with Crippen molar-refractivity contribution < 1.29 is 0 Å². The molecule has 0 spiro atoms. The van der Waals surface area contributed by atoms with Crippen molar-refractivity contribution >= 4 is 34.8 Å². The first-order valence-electron chi connectivity index (χ1n) is 5.36. The van der Waals surface area contributed by atoms with Gasteiger partial charge in [0.2, 0.25) is 5.95 Å². The van der Waals surface area contributed by atoms with Gasteiger partial charge in [-0.3, -0.25) is 0 Å². The molecule has 1 aromatic carbocycles. The molecule has 0 fully saturated rings. The van der Waals surface area contributed by atoms with Crippen molar-refractivity contribution in [2.75, 3.05) is 5.32 Å². The van der Waals surface area contributed by atoms with E-state index in [-0.39, 0.29) is 0 Å². The second kappa shape index (κ2) is 4.98. The maximum absolute atomic E-state index is 5.96. The monoisotopic (exact) mass is 269 g/mol. The molecule has 3 nitrogen and oxygen atoms in total. The summed E-state index contributed by atoms with van der Waals surface area (Å²) in [4.78, 5) is 4.40. The normalized spacial score (nSPS) is 10.6. The van der Waals surface area contributed by atoms with Gasteiger partial charge in [-0.2, -0.15) is 0 Å². The van der Waals surface area contributed by atoms with Crippen LogP contribution in [0, 0.1) is 6.92 Å². The van der Waals surface area contributed by atoms with E-state index in [1.165, 1.54) is 0 Å². The molecule has 0 radical (unpaired) electrons. The van der Waals surface area contributed by atoms with Crippen LogP contribution >= 0.6 is 23.2 Å². The first-order chi connectivity index (χ1) is 8.10. The van der Waals surface area contributed by atoms with Crippen molar-refractivity contribution in [3.05, 3.63) is 40.1 Å². The van der Waals surface area contributed by atoms with E-state index in [1.54, 1.807) is 12.1 Å². The molecule has 0 aliphatic rings. The van der Waals surface area contributed by atoms with Crippen molar-refractivity contribution in [3.63, 3.8) is 0 Å². The van der Waals surface area contributed by atoms with Crippen molar-refractivity contribution in [1.82, 2.24) is 9.55 Å². The molecule has 2 aromatic rings. The number of hydrogen-bond acceptors (Lipinski definition) is 2. The van der Waals surface area contributed by atoms with Gasteiger partial charge in [0.1, 0.15) is 0 Å². The Balaban J connectivity index is 2.27. The standard InChI is InChI=1S/C12H13Cl2N3/c1-3-17-7-8(2)15-12(17)16-9-4-5-10(13)11(14)6-9/h4-7H,3H2,1-2H3,(H,15,16). The van der Waals surface area contributed by atoms with Gasteiger partial charge in [0.15, 0.2) is 0 Å². The molecular formula is C12H13Cl2N3. The molecule has 1 aromatic heterocycles. The van der Waals surface area contributed by atoms with E-state index < -0.39 is 0 Å². The third kappa shape index (κ3) is 2.73. The predicted molar refractivity (Wildman–Crippen MR) is 72.4 cm³/mol. The lowest BCUT2D eigenvalue weighted by Crippen LogP contribution is -2.01. The summed E-state index contributed by atoms with van der Waals surface area (Å²) in [5, 5.41) is 4.30. The maximum atomic E-state index is 5.96. The molecule has 0 aliphatic carbocycles. The lowest BCUT2D eigenvalue weighted by molar-refractivity contribution is 0.771. The SMILES string of the molecule is CCn1cc(C)nc1Nc1ccc(Cl)c(Cl)c1. The number of rotatable bonds is 3. The number of aromatic nitrogens is 2. The van der Waals surface area contributed by atoms with Crippen molar-refractivity contribution in [1.29, 1.82) is 0 Å². The second-order valence-corrected chi connectivity index (χ2v) is 4.56. The van der Waals surface area contributed by atoms with E-state index in [4.69, 9.17) is 23.2 Å². The molecule has 1 heterocycles. The van der Waals surface area contributed by atoms with E-state index in [0.717, 1.165) is 23.9 Å². The molecule has 0 unspecified atom stereocenters. The molecule has 5 heteroatoms. The summed E-state index contributed by atoms with van der Waals surface area (Å²) < 4.78 is 2.04. The molecule has 2 rings (SSSR count). The fourth-order valence-corrected chi connectivity index (χ4v) is 1.89. The van der Waals surface area contributed by atoms with Crippen molar-refractivity contribution in [2.45, 2.75) is 20.4 Å². The third-order valence-electron chi connectivity index (χ3n) is 2.41. The highest BCUT2D eigenvalue weighted by molar-refractivity contribution is 6.42. The molecule has 90 valence electrons. The zero-order chi connectivity index (χ0) is 12.4. The van der Waals surface area contributed by atoms with Crippen LogP contribution in [0.25, 0.3) is 0 Å². The fraction of sp³-hybridized carbons (Fsp3) is 0.250. The number of nitrogens with one attached hydrogen (secondary N) is 1. The number of anilines is 2. The van der Waals surface area contributed by atoms with Gasteiger partial charge >= 0.3 is 0 Å². The summed E-state index contributed by atoms with van der Waals surface area (Å²) in [5.41, 5.74) is 1.86. The Hall–Kier alpha value is -1.19. The summed E-state index contributed by atoms with van der Waals surface area (Å²) >= 11 is 11.8. The van der Waals surface area contributed by atoms with E-state index in [0.29, 0.717) is 10.0 Å².